The Morgan fingerprint density at radius 1 is 0.329 bits per heavy atom. The lowest BCUT2D eigenvalue weighted by molar-refractivity contribution is -0.130. The average molecular weight is 1980 g/mol. The zero-order chi connectivity index (χ0) is 106. The summed E-state index contributed by atoms with van der Waals surface area (Å²) in [5.74, 6) is 7.74. The highest BCUT2D eigenvalue weighted by Crippen LogP contribution is 2.44. The lowest BCUT2D eigenvalue weighted by Crippen LogP contribution is -2.24. The molecule has 29 nitrogen and oxygen atoms in total. The first-order valence-corrected chi connectivity index (χ1v) is 46.5. The third-order valence-corrected chi connectivity index (χ3v) is 25.4. The molecule has 2 atom stereocenters. The van der Waals surface area contributed by atoms with Crippen LogP contribution in [0.4, 0.5) is 0 Å². The highest BCUT2D eigenvalue weighted by atomic mass is 16.6. The number of aromatic nitrogens is 3. The number of hydrogen-bond donors (Lipinski definition) is 6. The second-order valence-electron chi connectivity index (χ2n) is 34.7. The number of allylic oxidation sites excluding steroid dienone is 1. The molecule has 14 aromatic rings. The van der Waals surface area contributed by atoms with Crippen LogP contribution < -0.4 is 56.8 Å². The number of carbonyl (C=O) groups is 3. The number of phenols is 6. The highest BCUT2D eigenvalue weighted by molar-refractivity contribution is 6.07. The van der Waals surface area contributed by atoms with E-state index in [1.807, 2.05) is 166 Å². The molecular formula is C117H126N6O23. The van der Waals surface area contributed by atoms with E-state index in [-0.39, 0.29) is 64.2 Å². The molecule has 0 fully saturated rings. The second kappa shape index (κ2) is 49.5. The molecule has 0 saturated heterocycles. The minimum atomic E-state index is -0.276. The van der Waals surface area contributed by atoms with Crippen LogP contribution in [0.25, 0.3) is 63.3 Å². The first kappa shape index (κ1) is 109. The number of ether oxygens (including phenoxy) is 12. The number of oxime groups is 1. The van der Waals surface area contributed by atoms with Crippen molar-refractivity contribution in [3.63, 3.8) is 0 Å². The van der Waals surface area contributed by atoms with Gasteiger partial charge in [-0.1, -0.05) is 58.9 Å². The molecule has 2 unspecified atom stereocenters. The van der Waals surface area contributed by atoms with Crippen molar-refractivity contribution < 1.29 is 111 Å². The van der Waals surface area contributed by atoms with Crippen molar-refractivity contribution in [2.24, 2.45) is 10.3 Å². The molecule has 12 aromatic carbocycles. The maximum atomic E-state index is 12.3. The van der Waals surface area contributed by atoms with E-state index in [0.29, 0.717) is 92.6 Å². The number of benzene rings is 12. The Kier molecular flexibility index (Phi) is 37.1. The Balaban J connectivity index is 0.000000167. The molecule has 0 bridgehead atoms. The number of amides is 1. The molecule has 2 aliphatic heterocycles. The standard InChI is InChI=1S/C21H24N2O4.C21H22N2O4.C19H21NO4.C19H19NO4.C19H20O4.C18H20O3/c2*1-12-8-16(10-21(27-5)13(12)2)17-11-18(23(22-17)14(3)24)15-6-7-20(26-4)19(25)9-15;2*1-11-7-14(9-18(23-4)12(11)2)15-10-19(24-20-15)13-5-6-17(22-3)16(21)8-13;1-12-9-15(11-19(23-4)13(12)2)16(20)7-5-14-6-8-18(22-3)17(21)10-14;1-12-9-15(11-18(21-4)13(12)2)6-5-14-7-8-17(20-3)16(19)10-14/h6-10,18,25H,11H2,1-5H3;6-11,25H,1-5H3;5-9,19,21H,10H2,1-4H3;5-10,21H,1-4H3;5-11,21H,1-4H3;5-11,19H,1-4H3/b;;;;7-5+;6-5-. The molecule has 0 aliphatic carbocycles. The summed E-state index contributed by atoms with van der Waals surface area (Å²) < 4.78 is 69.5. The molecule has 2 aliphatic rings. The molecule has 0 radical (unpaired) electrons. The fraction of sp³-hybridized carbons (Fsp3) is 0.256. The van der Waals surface area contributed by atoms with Gasteiger partial charge in [0.15, 0.2) is 86.6 Å². The van der Waals surface area contributed by atoms with E-state index in [1.54, 1.807) is 140 Å². The number of phenolic OH excluding ortho intramolecular Hbond substituents is 6. The van der Waals surface area contributed by atoms with E-state index in [2.05, 4.69) is 52.6 Å². The summed E-state index contributed by atoms with van der Waals surface area (Å²) in [5.41, 5.74) is 26.8. The van der Waals surface area contributed by atoms with Gasteiger partial charge < -0.3 is 96.8 Å². The monoisotopic (exact) mass is 1980 g/mol. The van der Waals surface area contributed by atoms with Gasteiger partial charge in [-0.3, -0.25) is 14.4 Å². The van der Waals surface area contributed by atoms with Crippen molar-refractivity contribution in [1.82, 2.24) is 19.9 Å². The Bertz CT molecular complexity index is 7250. The summed E-state index contributed by atoms with van der Waals surface area (Å²) >= 11 is 0. The van der Waals surface area contributed by atoms with Crippen LogP contribution in [0.1, 0.15) is 160 Å². The van der Waals surface area contributed by atoms with E-state index < -0.39 is 0 Å². The summed E-state index contributed by atoms with van der Waals surface area (Å²) in [7, 11) is 18.9. The summed E-state index contributed by atoms with van der Waals surface area (Å²) in [6, 6.07) is 57.8. The highest BCUT2D eigenvalue weighted by Gasteiger charge is 2.34. The maximum Gasteiger partial charge on any atom is 0.244 e. The number of nitrogens with zero attached hydrogens (tertiary/aromatic N) is 6. The zero-order valence-electron chi connectivity index (χ0n) is 87.2. The van der Waals surface area contributed by atoms with Crippen LogP contribution in [0, 0.1) is 83.1 Å². The largest absolute Gasteiger partial charge is 0.504 e. The van der Waals surface area contributed by atoms with Gasteiger partial charge in [0, 0.05) is 71.7 Å². The molecule has 762 valence electrons. The average Bonchev–Trinajstić information content (AvgIpc) is 1.64. The molecule has 16 rings (SSSR count). The molecule has 0 spiro atoms. The van der Waals surface area contributed by atoms with Gasteiger partial charge in [0.1, 0.15) is 40.2 Å². The van der Waals surface area contributed by atoms with Crippen LogP contribution in [0.15, 0.2) is 215 Å². The fourth-order valence-corrected chi connectivity index (χ4v) is 16.2. The minimum Gasteiger partial charge on any atom is -0.504 e. The molecule has 29 heteroatoms. The molecule has 4 heterocycles. The molecule has 1 amide bonds. The number of hydrazone groups is 1. The normalized spacial score (nSPS) is 12.7. The predicted octanol–water partition coefficient (Wildman–Crippen LogP) is 24.3. The van der Waals surface area contributed by atoms with Crippen LogP contribution in [0.5, 0.6) is 103 Å². The molecular weight excluding hydrogens is 1860 g/mol. The van der Waals surface area contributed by atoms with Crippen molar-refractivity contribution in [2.45, 2.75) is 122 Å². The number of ketones is 1. The van der Waals surface area contributed by atoms with Crippen molar-refractivity contribution in [3.05, 3.63) is 311 Å². The third kappa shape index (κ3) is 26.2. The van der Waals surface area contributed by atoms with Gasteiger partial charge in [0.05, 0.1) is 114 Å². The van der Waals surface area contributed by atoms with Crippen LogP contribution in [0.3, 0.4) is 0 Å². The smallest absolute Gasteiger partial charge is 0.244 e. The Morgan fingerprint density at radius 3 is 1.15 bits per heavy atom. The quantitative estimate of drug-likeness (QED) is 0.0176. The van der Waals surface area contributed by atoms with Crippen LogP contribution in [-0.4, -0.2) is 165 Å². The second-order valence-corrected chi connectivity index (χ2v) is 34.7. The number of aryl methyl sites for hydroxylation is 6. The van der Waals surface area contributed by atoms with Crippen LogP contribution in [0.2, 0.25) is 0 Å². The van der Waals surface area contributed by atoms with E-state index in [0.717, 1.165) is 151 Å². The van der Waals surface area contributed by atoms with Crippen molar-refractivity contribution in [1.29, 1.82) is 0 Å². The maximum absolute atomic E-state index is 12.3. The number of rotatable bonds is 25. The fourth-order valence-electron chi connectivity index (χ4n) is 16.2. The Hall–Kier alpha value is -17.1. The van der Waals surface area contributed by atoms with Crippen LogP contribution >= 0.6 is 0 Å². The van der Waals surface area contributed by atoms with Gasteiger partial charge in [-0.05, 0) is 341 Å². The van der Waals surface area contributed by atoms with Gasteiger partial charge in [0.2, 0.25) is 11.8 Å². The first-order chi connectivity index (χ1) is 69.8. The van der Waals surface area contributed by atoms with Gasteiger partial charge in [-0.2, -0.15) is 14.9 Å². The molecule has 6 N–H and O–H groups in total. The van der Waals surface area contributed by atoms with E-state index >= 15 is 0 Å². The van der Waals surface area contributed by atoms with Gasteiger partial charge in [-0.15, -0.1) is 0 Å². The zero-order valence-corrected chi connectivity index (χ0v) is 87.2. The van der Waals surface area contributed by atoms with E-state index in [9.17, 15) is 45.0 Å². The lowest BCUT2D eigenvalue weighted by Gasteiger charge is -2.21. The van der Waals surface area contributed by atoms with Gasteiger partial charge >= 0.3 is 0 Å². The summed E-state index contributed by atoms with van der Waals surface area (Å²) in [5, 5.41) is 78.4. The topological polar surface area (TPSA) is 364 Å². The van der Waals surface area contributed by atoms with Crippen molar-refractivity contribution >= 4 is 47.2 Å². The number of aromatic hydroxyl groups is 6. The Morgan fingerprint density at radius 2 is 0.699 bits per heavy atom. The Labute approximate surface area is 851 Å². The molecule has 0 saturated carbocycles. The third-order valence-electron chi connectivity index (χ3n) is 25.4. The summed E-state index contributed by atoms with van der Waals surface area (Å²) in [6.45, 7) is 27.1. The number of methoxy groups -OCH3 is 12. The predicted molar refractivity (Wildman–Crippen MR) is 567 cm³/mol. The molecule has 146 heavy (non-hydrogen) atoms. The molecule has 2 aromatic heterocycles. The van der Waals surface area contributed by atoms with E-state index in [1.165, 1.54) is 77.8 Å². The lowest BCUT2D eigenvalue weighted by atomic mass is 9.96. The number of carbonyl (C=O) groups excluding carboxylic acids is 3. The van der Waals surface area contributed by atoms with Gasteiger partial charge in [-0.25, -0.2) is 5.01 Å². The number of hydrogen-bond acceptors (Lipinski definition) is 27. The van der Waals surface area contributed by atoms with Crippen molar-refractivity contribution in [3.8, 4) is 149 Å². The minimum absolute atomic E-state index is 0.000650. The van der Waals surface area contributed by atoms with Gasteiger partial charge in [0.25, 0.3) is 0 Å². The first-order valence-electron chi connectivity index (χ1n) is 46.5. The van der Waals surface area contributed by atoms with E-state index in [4.69, 9.17) is 66.2 Å². The summed E-state index contributed by atoms with van der Waals surface area (Å²) in [6.07, 6.45) is 8.05. The van der Waals surface area contributed by atoms with Crippen molar-refractivity contribution in [2.75, 3.05) is 85.3 Å². The SMILES string of the molecule is COc1ccc(-c2cc(-c3cc(C)c(C)c(OC)c3)nn2C(C)=O)cc1O.COc1ccc(-c2cc(-c3cc(C)c(C)c(OC)c3)no2)cc1O.COc1ccc(/C=C/C(=O)c2cc(C)c(C)c(OC)c2)cc1O.COc1ccc(/C=C\c2cc(C)c(C)c(OC)c2)cc1O.COc1ccc(C2CC(c3cc(C)c(C)c(OC)c3)=NN2C(C)=O)cc1O.COc1ccc(C2CC(c3cc(C)c(C)c(OC)c3)=NO2)cc1O. The summed E-state index contributed by atoms with van der Waals surface area (Å²) in [4.78, 5) is 42.2. The van der Waals surface area contributed by atoms with Crippen LogP contribution in [-0.2, 0) is 9.63 Å².